The second-order valence-corrected chi connectivity index (χ2v) is 6.55. The molecule has 2 rings (SSSR count). The van der Waals surface area contributed by atoms with Gasteiger partial charge in [0.2, 0.25) is 0 Å². The maximum atomic E-state index is 12.4. The predicted octanol–water partition coefficient (Wildman–Crippen LogP) is 4.35. The lowest BCUT2D eigenvalue weighted by atomic mass is 9.95. The van der Waals surface area contributed by atoms with E-state index in [0.717, 1.165) is 19.3 Å². The SMILES string of the molecule is C=CCC[C@@H](C)OC1OC(C)C(C)CC1OC(=O)c1ccccc1. The van der Waals surface area contributed by atoms with Gasteiger partial charge < -0.3 is 14.2 Å². The average molecular weight is 332 g/mol. The first-order chi connectivity index (χ1) is 11.5. The molecule has 0 aliphatic carbocycles. The van der Waals surface area contributed by atoms with Crippen LogP contribution in [0.1, 0.15) is 50.4 Å². The van der Waals surface area contributed by atoms with E-state index >= 15 is 0 Å². The van der Waals surface area contributed by atoms with E-state index in [0.29, 0.717) is 11.5 Å². The van der Waals surface area contributed by atoms with Crippen molar-refractivity contribution in [2.45, 2.75) is 64.6 Å². The lowest BCUT2D eigenvalue weighted by Crippen LogP contribution is -2.47. The third-order valence-corrected chi connectivity index (χ3v) is 4.47. The molecule has 5 atom stereocenters. The maximum Gasteiger partial charge on any atom is 0.338 e. The quantitative estimate of drug-likeness (QED) is 0.550. The molecule has 0 spiro atoms. The summed E-state index contributed by atoms with van der Waals surface area (Å²) in [6.45, 7) is 9.87. The minimum Gasteiger partial charge on any atom is -0.453 e. The molecule has 0 bridgehead atoms. The fraction of sp³-hybridized carbons (Fsp3) is 0.550. The molecular formula is C20H28O4. The minimum absolute atomic E-state index is 0.0199. The number of hydrogen-bond donors (Lipinski definition) is 0. The number of allylic oxidation sites excluding steroid dienone is 1. The Morgan fingerprint density at radius 1 is 1.38 bits per heavy atom. The molecule has 1 aliphatic rings. The van der Waals surface area contributed by atoms with Crippen LogP contribution in [0.2, 0.25) is 0 Å². The lowest BCUT2D eigenvalue weighted by Gasteiger charge is -2.39. The van der Waals surface area contributed by atoms with Crippen LogP contribution in [0.3, 0.4) is 0 Å². The number of hydrogen-bond acceptors (Lipinski definition) is 4. The second-order valence-electron chi connectivity index (χ2n) is 6.55. The fourth-order valence-corrected chi connectivity index (χ4v) is 2.76. The summed E-state index contributed by atoms with van der Waals surface area (Å²) < 4.78 is 17.7. The van der Waals surface area contributed by atoms with Gasteiger partial charge in [0.05, 0.1) is 17.8 Å². The highest BCUT2D eigenvalue weighted by Gasteiger charge is 2.38. The summed E-state index contributed by atoms with van der Waals surface area (Å²) in [4.78, 5) is 12.4. The van der Waals surface area contributed by atoms with Crippen LogP contribution >= 0.6 is 0 Å². The van der Waals surface area contributed by atoms with Gasteiger partial charge in [-0.25, -0.2) is 4.79 Å². The highest BCUT2D eigenvalue weighted by atomic mass is 16.7. The molecular weight excluding hydrogens is 304 g/mol. The summed E-state index contributed by atoms with van der Waals surface area (Å²) >= 11 is 0. The molecule has 4 nitrogen and oxygen atoms in total. The molecule has 0 aromatic heterocycles. The smallest absolute Gasteiger partial charge is 0.338 e. The number of esters is 1. The summed E-state index contributed by atoms with van der Waals surface area (Å²) in [5.41, 5.74) is 0.544. The van der Waals surface area contributed by atoms with Crippen molar-refractivity contribution in [2.24, 2.45) is 5.92 Å². The van der Waals surface area contributed by atoms with Crippen LogP contribution in [0.25, 0.3) is 0 Å². The van der Waals surface area contributed by atoms with Crippen LogP contribution in [0.15, 0.2) is 43.0 Å². The molecule has 1 aromatic rings. The van der Waals surface area contributed by atoms with Crippen LogP contribution in [0.5, 0.6) is 0 Å². The van der Waals surface area contributed by atoms with Gasteiger partial charge in [-0.05, 0) is 51.2 Å². The molecule has 0 amide bonds. The lowest BCUT2D eigenvalue weighted by molar-refractivity contribution is -0.262. The molecule has 4 heteroatoms. The van der Waals surface area contributed by atoms with Gasteiger partial charge in [-0.1, -0.05) is 31.2 Å². The molecule has 1 heterocycles. The van der Waals surface area contributed by atoms with E-state index in [9.17, 15) is 4.79 Å². The van der Waals surface area contributed by atoms with Crippen molar-refractivity contribution in [3.05, 3.63) is 48.6 Å². The normalized spacial score (nSPS) is 28.1. The number of rotatable bonds is 7. The van der Waals surface area contributed by atoms with Crippen LogP contribution in [-0.4, -0.2) is 30.6 Å². The number of benzene rings is 1. The van der Waals surface area contributed by atoms with E-state index in [4.69, 9.17) is 14.2 Å². The third kappa shape index (κ3) is 5.18. The molecule has 132 valence electrons. The molecule has 0 N–H and O–H groups in total. The first-order valence-electron chi connectivity index (χ1n) is 8.69. The molecule has 1 saturated heterocycles. The third-order valence-electron chi connectivity index (χ3n) is 4.47. The summed E-state index contributed by atoms with van der Waals surface area (Å²) in [5.74, 6) is -0.0276. The van der Waals surface area contributed by atoms with Gasteiger partial charge >= 0.3 is 5.97 Å². The molecule has 0 radical (unpaired) electrons. The van der Waals surface area contributed by atoms with Crippen LogP contribution in [0.4, 0.5) is 0 Å². The van der Waals surface area contributed by atoms with Gasteiger partial charge in [0.25, 0.3) is 0 Å². The molecule has 1 aromatic carbocycles. The zero-order valence-corrected chi connectivity index (χ0v) is 14.8. The Kier molecular flexibility index (Phi) is 7.00. The fourth-order valence-electron chi connectivity index (χ4n) is 2.76. The van der Waals surface area contributed by atoms with E-state index in [1.807, 2.05) is 38.1 Å². The highest BCUT2D eigenvalue weighted by molar-refractivity contribution is 5.89. The summed E-state index contributed by atoms with van der Waals surface area (Å²) in [6.07, 6.45) is 3.54. The van der Waals surface area contributed by atoms with Gasteiger partial charge in [0, 0.05) is 0 Å². The van der Waals surface area contributed by atoms with E-state index in [1.165, 1.54) is 0 Å². The Labute approximate surface area is 144 Å². The Hall–Kier alpha value is -1.65. The molecule has 0 saturated carbocycles. The first kappa shape index (κ1) is 18.7. The molecule has 24 heavy (non-hydrogen) atoms. The Balaban J connectivity index is 2.02. The van der Waals surface area contributed by atoms with E-state index in [1.54, 1.807) is 12.1 Å². The Bertz CT molecular complexity index is 528. The Morgan fingerprint density at radius 2 is 2.08 bits per heavy atom. The molecule has 1 aliphatic heterocycles. The van der Waals surface area contributed by atoms with Crippen LogP contribution in [-0.2, 0) is 14.2 Å². The van der Waals surface area contributed by atoms with Crippen molar-refractivity contribution in [3.63, 3.8) is 0 Å². The maximum absolute atomic E-state index is 12.4. The standard InChI is InChI=1S/C20H28O4/c1-5-6-10-15(3)22-20-18(13-14(2)16(4)23-20)24-19(21)17-11-8-7-9-12-17/h5,7-9,11-12,14-16,18,20H,1,6,10,13H2,2-4H3/t14?,15-,16?,18?,20?/m1/s1. The van der Waals surface area contributed by atoms with Crippen molar-refractivity contribution in [1.29, 1.82) is 0 Å². The Morgan fingerprint density at radius 3 is 2.75 bits per heavy atom. The zero-order valence-electron chi connectivity index (χ0n) is 14.8. The summed E-state index contributed by atoms with van der Waals surface area (Å²) in [7, 11) is 0. The van der Waals surface area contributed by atoms with Crippen molar-refractivity contribution in [1.82, 2.24) is 0 Å². The highest BCUT2D eigenvalue weighted by Crippen LogP contribution is 2.29. The predicted molar refractivity (Wildman–Crippen MR) is 93.7 cm³/mol. The molecule has 1 fully saturated rings. The summed E-state index contributed by atoms with van der Waals surface area (Å²) in [5, 5.41) is 0. The summed E-state index contributed by atoms with van der Waals surface area (Å²) in [6, 6.07) is 9.02. The van der Waals surface area contributed by atoms with Crippen molar-refractivity contribution >= 4 is 5.97 Å². The molecule has 4 unspecified atom stereocenters. The van der Waals surface area contributed by atoms with Gasteiger partial charge in [-0.2, -0.15) is 0 Å². The second kappa shape index (κ2) is 9.00. The van der Waals surface area contributed by atoms with Crippen molar-refractivity contribution in [2.75, 3.05) is 0 Å². The van der Waals surface area contributed by atoms with Crippen LogP contribution in [0, 0.1) is 5.92 Å². The van der Waals surface area contributed by atoms with E-state index < -0.39 is 12.4 Å². The van der Waals surface area contributed by atoms with E-state index in [-0.39, 0.29) is 18.2 Å². The number of ether oxygens (including phenoxy) is 3. The number of carbonyl (C=O) groups is 1. The van der Waals surface area contributed by atoms with Crippen molar-refractivity contribution < 1.29 is 19.0 Å². The first-order valence-corrected chi connectivity index (χ1v) is 8.69. The average Bonchev–Trinajstić information content (AvgIpc) is 2.58. The van der Waals surface area contributed by atoms with E-state index in [2.05, 4.69) is 13.5 Å². The van der Waals surface area contributed by atoms with Gasteiger partial charge in [-0.15, -0.1) is 6.58 Å². The van der Waals surface area contributed by atoms with Gasteiger partial charge in [0.1, 0.15) is 0 Å². The van der Waals surface area contributed by atoms with Gasteiger partial charge in [0.15, 0.2) is 12.4 Å². The number of carbonyl (C=O) groups excluding carboxylic acids is 1. The largest absolute Gasteiger partial charge is 0.453 e. The zero-order chi connectivity index (χ0) is 17.5. The van der Waals surface area contributed by atoms with Gasteiger partial charge in [-0.3, -0.25) is 0 Å². The monoisotopic (exact) mass is 332 g/mol. The van der Waals surface area contributed by atoms with Crippen molar-refractivity contribution in [3.8, 4) is 0 Å². The minimum atomic E-state index is -0.524. The van der Waals surface area contributed by atoms with Crippen LogP contribution < -0.4 is 0 Å². The topological polar surface area (TPSA) is 44.8 Å².